The van der Waals surface area contributed by atoms with Crippen molar-refractivity contribution in [2.24, 2.45) is 21.8 Å². The molecule has 0 amide bonds. The van der Waals surface area contributed by atoms with E-state index in [4.69, 9.17) is 23.2 Å². The van der Waals surface area contributed by atoms with Gasteiger partial charge in [0.2, 0.25) is 0 Å². The number of aromatic nitrogens is 2. The molecular weight excluding hydrogens is 708 g/mol. The molecule has 11 nitrogen and oxygen atoms in total. The van der Waals surface area contributed by atoms with E-state index in [1.807, 2.05) is 0 Å². The minimum Gasteiger partial charge on any atom is -0.299 e. The Morgan fingerprint density at radius 1 is 1.07 bits per heavy atom. The number of carbonyl (C=O) groups excluding carboxylic acids is 1. The van der Waals surface area contributed by atoms with E-state index >= 15 is 0 Å². The third kappa shape index (κ3) is 13.3. The number of rotatable bonds is 18. The maximum Gasteiger partial charge on any atom is 0.265 e. The molecule has 4 unspecified atom stereocenters. The summed E-state index contributed by atoms with van der Waals surface area (Å²) in [5, 5.41) is 0.539. The predicted molar refractivity (Wildman–Crippen MR) is 178 cm³/mol. The first-order chi connectivity index (χ1) is 19.8. The standard InChI is InChI=1S/C23H32Cl2N4O7S6/c1-15(27-11-19(26-2)39-13-24)22(37-6-8-41(31,32)33)16-4-3-5-17(21(16)30)23(38-7-9-42(34,35)36)18-10-29-20(12-28-18)40-14-25/h10-12,16-17,22-23H,2-9,13-14H2,1H3,(H,31,32,33)(H,34,35,36)/b19-11+,27-15?. The number of aliphatic imine (C=N–C) groups is 2. The van der Waals surface area contributed by atoms with E-state index in [0.717, 1.165) is 0 Å². The van der Waals surface area contributed by atoms with E-state index in [1.54, 1.807) is 19.3 Å². The molecule has 1 fully saturated rings. The van der Waals surface area contributed by atoms with Crippen molar-refractivity contribution in [3.63, 3.8) is 0 Å². The molecule has 0 spiro atoms. The summed E-state index contributed by atoms with van der Waals surface area (Å²) in [6, 6.07) is 0. The van der Waals surface area contributed by atoms with Crippen LogP contribution < -0.4 is 0 Å². The average Bonchev–Trinajstić information content (AvgIpc) is 2.91. The Bertz CT molecular complexity index is 1330. The summed E-state index contributed by atoms with van der Waals surface area (Å²) in [5.74, 6) is -2.09. The third-order valence-corrected chi connectivity index (χ3v) is 12.8. The van der Waals surface area contributed by atoms with Crippen molar-refractivity contribution < 1.29 is 30.7 Å². The van der Waals surface area contributed by atoms with Crippen LogP contribution in [0.25, 0.3) is 0 Å². The quantitative estimate of drug-likeness (QED) is 0.0860. The molecule has 236 valence electrons. The van der Waals surface area contributed by atoms with Crippen molar-refractivity contribution in [2.75, 3.05) is 33.4 Å². The van der Waals surface area contributed by atoms with Crippen LogP contribution in [0.5, 0.6) is 0 Å². The van der Waals surface area contributed by atoms with E-state index in [1.165, 1.54) is 53.2 Å². The molecule has 2 N–H and O–H groups in total. The first-order valence-electron chi connectivity index (χ1n) is 12.4. The molecule has 1 saturated carbocycles. The smallest absolute Gasteiger partial charge is 0.265 e. The lowest BCUT2D eigenvalue weighted by atomic mass is 9.75. The first kappa shape index (κ1) is 37.8. The number of ketones is 1. The SMILES string of the molecule is C=N/C(=C\N=C(C)C(SCCS(=O)(=O)O)C1CCCC(C(SCCS(=O)(=O)O)c2cnc(SCCl)cn2)C1=O)SCCl. The molecule has 1 aliphatic rings. The average molecular weight is 740 g/mol. The number of hydrogen-bond donors (Lipinski definition) is 2. The van der Waals surface area contributed by atoms with E-state index in [9.17, 15) is 30.7 Å². The van der Waals surface area contributed by atoms with Crippen LogP contribution in [0.15, 0.2) is 38.6 Å². The number of alkyl halides is 2. The van der Waals surface area contributed by atoms with Crippen molar-refractivity contribution >= 4 is 109 Å². The summed E-state index contributed by atoms with van der Waals surface area (Å²) in [5.41, 5.74) is 1.06. The molecule has 1 aliphatic carbocycles. The Kier molecular flexibility index (Phi) is 16.7. The molecule has 42 heavy (non-hydrogen) atoms. The molecule has 1 aromatic rings. The number of hydrogen-bond acceptors (Lipinski definition) is 13. The van der Waals surface area contributed by atoms with Gasteiger partial charge in [-0.05, 0) is 26.5 Å². The molecule has 0 saturated heterocycles. The van der Waals surface area contributed by atoms with Gasteiger partial charge in [0.05, 0.1) is 56.7 Å². The van der Waals surface area contributed by atoms with Gasteiger partial charge in [-0.2, -0.15) is 40.4 Å². The normalized spacial score (nSPS) is 20.4. The van der Waals surface area contributed by atoms with Gasteiger partial charge in [-0.1, -0.05) is 29.9 Å². The maximum absolute atomic E-state index is 14.1. The molecule has 1 heterocycles. The van der Waals surface area contributed by atoms with Crippen molar-refractivity contribution in [1.29, 1.82) is 0 Å². The molecule has 19 heteroatoms. The number of halogens is 2. The zero-order chi connectivity index (χ0) is 31.3. The van der Waals surface area contributed by atoms with E-state index in [0.29, 0.717) is 40.7 Å². The summed E-state index contributed by atoms with van der Waals surface area (Å²) < 4.78 is 64.1. The van der Waals surface area contributed by atoms with Gasteiger partial charge >= 0.3 is 0 Å². The fourth-order valence-corrected chi connectivity index (χ4v) is 10.2. The first-order valence-corrected chi connectivity index (χ1v) is 20.7. The van der Waals surface area contributed by atoms with Crippen molar-refractivity contribution in [2.45, 2.75) is 41.7 Å². The lowest BCUT2D eigenvalue weighted by molar-refractivity contribution is -0.128. The molecule has 0 aromatic carbocycles. The van der Waals surface area contributed by atoms with Crippen LogP contribution in [0.1, 0.15) is 37.1 Å². The fraction of sp³-hybridized carbons (Fsp3) is 0.609. The number of thioether (sulfide) groups is 4. The number of Topliss-reactive ketones (excluding diaryl/α,β-unsaturated/α-hetero) is 1. The molecule has 1 aromatic heterocycles. The highest BCUT2D eigenvalue weighted by atomic mass is 35.5. The fourth-order valence-electron chi connectivity index (χ4n) is 4.23. The summed E-state index contributed by atoms with van der Waals surface area (Å²) in [6.45, 7) is 5.24. The second kappa shape index (κ2) is 18.6. The van der Waals surface area contributed by atoms with Crippen LogP contribution in [0.2, 0.25) is 0 Å². The number of carbonyl (C=O) groups is 1. The Labute approximate surface area is 273 Å². The Morgan fingerprint density at radius 3 is 2.26 bits per heavy atom. The van der Waals surface area contributed by atoms with Crippen LogP contribution in [0.3, 0.4) is 0 Å². The monoisotopic (exact) mass is 738 g/mol. The highest BCUT2D eigenvalue weighted by Gasteiger charge is 2.42. The van der Waals surface area contributed by atoms with Crippen molar-refractivity contribution in [3.05, 3.63) is 29.3 Å². The van der Waals surface area contributed by atoms with Gasteiger partial charge in [-0.3, -0.25) is 28.9 Å². The molecule has 0 bridgehead atoms. The minimum absolute atomic E-state index is 0.0329. The largest absolute Gasteiger partial charge is 0.299 e. The molecule has 2 rings (SSSR count). The summed E-state index contributed by atoms with van der Waals surface area (Å²) in [6.07, 6.45) is 6.30. The predicted octanol–water partition coefficient (Wildman–Crippen LogP) is 5.29. The summed E-state index contributed by atoms with van der Waals surface area (Å²) in [7, 11) is -8.43. The van der Waals surface area contributed by atoms with Crippen LogP contribution in [-0.4, -0.2) is 92.8 Å². The minimum atomic E-state index is -4.21. The van der Waals surface area contributed by atoms with E-state index in [2.05, 4.69) is 26.7 Å². The third-order valence-electron chi connectivity index (χ3n) is 6.06. The Hall–Kier alpha value is -0.370. The lowest BCUT2D eigenvalue weighted by Gasteiger charge is -2.36. The summed E-state index contributed by atoms with van der Waals surface area (Å²) in [4.78, 5) is 31.3. The van der Waals surface area contributed by atoms with Gasteiger partial charge in [0.1, 0.15) is 15.8 Å². The van der Waals surface area contributed by atoms with Crippen LogP contribution in [-0.2, 0) is 25.0 Å². The van der Waals surface area contributed by atoms with Gasteiger partial charge in [0, 0.05) is 29.1 Å². The van der Waals surface area contributed by atoms with E-state index in [-0.39, 0.29) is 27.7 Å². The van der Waals surface area contributed by atoms with Gasteiger partial charge < -0.3 is 0 Å². The second-order valence-electron chi connectivity index (χ2n) is 8.88. The van der Waals surface area contributed by atoms with Crippen LogP contribution in [0, 0.1) is 11.8 Å². The molecule has 0 radical (unpaired) electrons. The zero-order valence-corrected chi connectivity index (χ0v) is 29.0. The van der Waals surface area contributed by atoms with Gasteiger partial charge in [0.15, 0.2) is 0 Å². The topological polar surface area (TPSA) is 176 Å². The molecular formula is C23H32Cl2N4O7S6. The lowest BCUT2D eigenvalue weighted by Crippen LogP contribution is -2.40. The highest BCUT2D eigenvalue weighted by Crippen LogP contribution is 2.44. The number of nitrogens with zero attached hydrogens (tertiary/aromatic N) is 4. The Morgan fingerprint density at radius 2 is 1.71 bits per heavy atom. The van der Waals surface area contributed by atoms with Gasteiger partial charge in [-0.25, -0.2) is 4.98 Å². The van der Waals surface area contributed by atoms with E-state index < -0.39 is 54.1 Å². The molecule has 0 aliphatic heterocycles. The van der Waals surface area contributed by atoms with Crippen molar-refractivity contribution in [1.82, 2.24) is 9.97 Å². The van der Waals surface area contributed by atoms with Gasteiger partial charge in [0.25, 0.3) is 20.2 Å². The maximum atomic E-state index is 14.1. The summed E-state index contributed by atoms with van der Waals surface area (Å²) >= 11 is 16.5. The van der Waals surface area contributed by atoms with Gasteiger partial charge in [-0.15, -0.1) is 23.2 Å². The van der Waals surface area contributed by atoms with Crippen LogP contribution in [0.4, 0.5) is 0 Å². The van der Waals surface area contributed by atoms with Crippen LogP contribution >= 0.6 is 70.2 Å². The zero-order valence-electron chi connectivity index (χ0n) is 22.5. The highest BCUT2D eigenvalue weighted by molar-refractivity contribution is 8.04. The molecule has 4 atom stereocenters. The van der Waals surface area contributed by atoms with Crippen molar-refractivity contribution in [3.8, 4) is 0 Å². The Balaban J connectivity index is 2.43. The second-order valence-corrected chi connectivity index (χ2v) is 17.7.